The fraction of sp³-hybridized carbons (Fsp3) is 0.100. The van der Waals surface area contributed by atoms with Crippen LogP contribution in [0.25, 0.3) is 0 Å². The molecule has 2 amide bonds. The van der Waals surface area contributed by atoms with Gasteiger partial charge in [0.05, 0.1) is 12.4 Å². The summed E-state index contributed by atoms with van der Waals surface area (Å²) in [5.74, 6) is 0.0675. The molecule has 0 aliphatic heterocycles. The number of aromatic nitrogens is 2. The van der Waals surface area contributed by atoms with Crippen LogP contribution >= 0.6 is 0 Å². The van der Waals surface area contributed by atoms with Crippen LogP contribution in [0.3, 0.4) is 0 Å². The highest BCUT2D eigenvalue weighted by Crippen LogP contribution is 2.18. The molecule has 0 unspecified atom stereocenters. The maximum absolute atomic E-state index is 12.2. The SMILES string of the molecule is CC(=O)Nc1cccc(Nc2cnc(C(=O)NCc3ccccc3)cn2)c1. The van der Waals surface area contributed by atoms with Crippen LogP contribution in [-0.4, -0.2) is 21.8 Å². The van der Waals surface area contributed by atoms with E-state index in [1.165, 1.54) is 19.3 Å². The average molecular weight is 361 g/mol. The van der Waals surface area contributed by atoms with Crippen molar-refractivity contribution in [3.8, 4) is 0 Å². The lowest BCUT2D eigenvalue weighted by Crippen LogP contribution is -2.24. The number of amides is 2. The van der Waals surface area contributed by atoms with Gasteiger partial charge in [-0.2, -0.15) is 0 Å². The Hall–Kier alpha value is -3.74. The highest BCUT2D eigenvalue weighted by atomic mass is 16.2. The van der Waals surface area contributed by atoms with Crippen molar-refractivity contribution in [2.45, 2.75) is 13.5 Å². The molecule has 7 heteroatoms. The van der Waals surface area contributed by atoms with E-state index in [0.717, 1.165) is 11.3 Å². The number of benzene rings is 2. The van der Waals surface area contributed by atoms with Crippen LogP contribution in [-0.2, 0) is 11.3 Å². The molecule has 0 fully saturated rings. The lowest BCUT2D eigenvalue weighted by atomic mass is 10.2. The zero-order valence-corrected chi connectivity index (χ0v) is 14.8. The van der Waals surface area contributed by atoms with Gasteiger partial charge in [0.2, 0.25) is 5.91 Å². The maximum atomic E-state index is 12.2. The summed E-state index contributed by atoms with van der Waals surface area (Å²) in [5, 5.41) is 8.61. The first-order valence-electron chi connectivity index (χ1n) is 8.39. The maximum Gasteiger partial charge on any atom is 0.271 e. The number of anilines is 3. The number of hydrogen-bond acceptors (Lipinski definition) is 5. The van der Waals surface area contributed by atoms with Crippen LogP contribution in [0.5, 0.6) is 0 Å². The molecule has 3 N–H and O–H groups in total. The van der Waals surface area contributed by atoms with Gasteiger partial charge in [0.1, 0.15) is 11.5 Å². The average Bonchev–Trinajstić information content (AvgIpc) is 2.67. The molecule has 0 saturated carbocycles. The van der Waals surface area contributed by atoms with Crippen LogP contribution in [0.4, 0.5) is 17.2 Å². The van der Waals surface area contributed by atoms with Gasteiger partial charge in [0.25, 0.3) is 5.91 Å². The number of nitrogens with zero attached hydrogens (tertiary/aromatic N) is 2. The predicted molar refractivity (Wildman–Crippen MR) is 104 cm³/mol. The van der Waals surface area contributed by atoms with Crippen LogP contribution < -0.4 is 16.0 Å². The third-order valence-electron chi connectivity index (χ3n) is 3.64. The van der Waals surface area contributed by atoms with Gasteiger partial charge in [0.15, 0.2) is 0 Å². The molecule has 27 heavy (non-hydrogen) atoms. The van der Waals surface area contributed by atoms with Crippen LogP contribution in [0.2, 0.25) is 0 Å². The molecule has 1 aromatic heterocycles. The van der Waals surface area contributed by atoms with Crippen molar-refractivity contribution in [1.82, 2.24) is 15.3 Å². The molecule has 3 rings (SSSR count). The molecule has 0 spiro atoms. The standard InChI is InChI=1S/C20H19N5O2/c1-14(26)24-16-8-5-9-17(10-16)25-19-13-21-18(12-22-19)20(27)23-11-15-6-3-2-4-7-15/h2-10,12-13H,11H2,1H3,(H,22,25)(H,23,27)(H,24,26). The topological polar surface area (TPSA) is 96.0 Å². The molecule has 0 bridgehead atoms. The second kappa shape index (κ2) is 8.57. The second-order valence-electron chi connectivity index (χ2n) is 5.84. The fourth-order valence-electron chi connectivity index (χ4n) is 2.40. The molecule has 0 radical (unpaired) electrons. The molecule has 136 valence electrons. The Kier molecular flexibility index (Phi) is 5.73. The largest absolute Gasteiger partial charge is 0.347 e. The Bertz CT molecular complexity index is 927. The summed E-state index contributed by atoms with van der Waals surface area (Å²) in [6.45, 7) is 1.88. The van der Waals surface area contributed by atoms with Gasteiger partial charge in [-0.15, -0.1) is 0 Å². The van der Waals surface area contributed by atoms with Crippen molar-refractivity contribution in [2.24, 2.45) is 0 Å². The smallest absolute Gasteiger partial charge is 0.271 e. The number of hydrogen-bond donors (Lipinski definition) is 3. The van der Waals surface area contributed by atoms with E-state index in [-0.39, 0.29) is 17.5 Å². The van der Waals surface area contributed by atoms with E-state index < -0.39 is 0 Å². The third kappa shape index (κ3) is 5.37. The predicted octanol–water partition coefficient (Wildman–Crippen LogP) is 3.11. The highest BCUT2D eigenvalue weighted by molar-refractivity contribution is 5.92. The van der Waals surface area contributed by atoms with Gasteiger partial charge < -0.3 is 16.0 Å². The van der Waals surface area contributed by atoms with Crippen molar-refractivity contribution in [3.05, 3.63) is 78.2 Å². The minimum atomic E-state index is -0.287. The van der Waals surface area contributed by atoms with Gasteiger partial charge >= 0.3 is 0 Å². The Morgan fingerprint density at radius 1 is 0.926 bits per heavy atom. The molecule has 0 atom stereocenters. The molecule has 0 aliphatic carbocycles. The summed E-state index contributed by atoms with van der Waals surface area (Å²) in [4.78, 5) is 31.7. The first-order chi connectivity index (χ1) is 13.1. The van der Waals surface area contributed by atoms with Crippen LogP contribution in [0, 0.1) is 0 Å². The second-order valence-corrected chi connectivity index (χ2v) is 5.84. The quantitative estimate of drug-likeness (QED) is 0.627. The Labute approximate surface area is 156 Å². The van der Waals surface area contributed by atoms with E-state index in [4.69, 9.17) is 0 Å². The molecule has 1 heterocycles. The van der Waals surface area contributed by atoms with Gasteiger partial charge in [-0.05, 0) is 23.8 Å². The first-order valence-corrected chi connectivity index (χ1v) is 8.39. The molecular formula is C20H19N5O2. The van der Waals surface area contributed by atoms with Crippen LogP contribution in [0.1, 0.15) is 23.0 Å². The third-order valence-corrected chi connectivity index (χ3v) is 3.64. The summed E-state index contributed by atoms with van der Waals surface area (Å²) in [6.07, 6.45) is 2.91. The van der Waals surface area contributed by atoms with Gasteiger partial charge in [-0.1, -0.05) is 36.4 Å². The van der Waals surface area contributed by atoms with E-state index in [1.807, 2.05) is 42.5 Å². The molecule has 0 aliphatic rings. The zero-order valence-electron chi connectivity index (χ0n) is 14.8. The number of carbonyl (C=O) groups excluding carboxylic acids is 2. The van der Waals surface area contributed by atoms with Gasteiger partial charge in [-0.3, -0.25) is 9.59 Å². The molecule has 2 aromatic carbocycles. The first kappa shape index (κ1) is 18.1. The molecule has 3 aromatic rings. The minimum Gasteiger partial charge on any atom is -0.347 e. The number of nitrogens with one attached hydrogen (secondary N) is 3. The Balaban J connectivity index is 1.60. The number of rotatable bonds is 6. The van der Waals surface area contributed by atoms with E-state index in [1.54, 1.807) is 12.1 Å². The normalized spacial score (nSPS) is 10.1. The summed E-state index contributed by atoms with van der Waals surface area (Å²) in [6, 6.07) is 16.9. The van der Waals surface area contributed by atoms with Crippen molar-refractivity contribution >= 4 is 29.0 Å². The zero-order chi connectivity index (χ0) is 19.1. The summed E-state index contributed by atoms with van der Waals surface area (Å²) >= 11 is 0. The van der Waals surface area contributed by atoms with Crippen molar-refractivity contribution < 1.29 is 9.59 Å². The van der Waals surface area contributed by atoms with E-state index >= 15 is 0 Å². The number of carbonyl (C=O) groups is 2. The minimum absolute atomic E-state index is 0.141. The Morgan fingerprint density at radius 3 is 2.41 bits per heavy atom. The van der Waals surface area contributed by atoms with E-state index in [9.17, 15) is 9.59 Å². The summed E-state index contributed by atoms with van der Waals surface area (Å²) < 4.78 is 0. The fourth-order valence-corrected chi connectivity index (χ4v) is 2.40. The molecule has 7 nitrogen and oxygen atoms in total. The summed E-state index contributed by atoms with van der Waals surface area (Å²) in [5.41, 5.74) is 2.67. The highest BCUT2D eigenvalue weighted by Gasteiger charge is 2.08. The Morgan fingerprint density at radius 2 is 1.70 bits per heavy atom. The summed E-state index contributed by atoms with van der Waals surface area (Å²) in [7, 11) is 0. The van der Waals surface area contributed by atoms with Gasteiger partial charge in [0, 0.05) is 24.8 Å². The van der Waals surface area contributed by atoms with Crippen molar-refractivity contribution in [2.75, 3.05) is 10.6 Å². The van der Waals surface area contributed by atoms with Crippen LogP contribution in [0.15, 0.2) is 67.0 Å². The lowest BCUT2D eigenvalue weighted by molar-refractivity contribution is -0.114. The molecule has 0 saturated heterocycles. The van der Waals surface area contributed by atoms with Crippen molar-refractivity contribution in [3.63, 3.8) is 0 Å². The molecular weight excluding hydrogens is 342 g/mol. The van der Waals surface area contributed by atoms with Crippen molar-refractivity contribution in [1.29, 1.82) is 0 Å². The van der Waals surface area contributed by atoms with E-state index in [2.05, 4.69) is 25.9 Å². The van der Waals surface area contributed by atoms with Gasteiger partial charge in [-0.25, -0.2) is 9.97 Å². The monoisotopic (exact) mass is 361 g/mol. The lowest BCUT2D eigenvalue weighted by Gasteiger charge is -2.09. The van der Waals surface area contributed by atoms with E-state index in [0.29, 0.717) is 18.1 Å².